The minimum absolute atomic E-state index is 0.136. The van der Waals surface area contributed by atoms with Crippen molar-refractivity contribution in [1.29, 1.82) is 0 Å². The molecule has 0 bridgehead atoms. The summed E-state index contributed by atoms with van der Waals surface area (Å²) in [4.78, 5) is 11.6. The van der Waals surface area contributed by atoms with Crippen LogP contribution in [0.1, 0.15) is 16.1 Å². The first-order valence-corrected chi connectivity index (χ1v) is 6.28. The van der Waals surface area contributed by atoms with Crippen LogP contribution in [0.15, 0.2) is 46.9 Å². The number of nitrogens with one attached hydrogen (secondary N) is 1. The number of hydrogen-bond acceptors (Lipinski definition) is 3. The summed E-state index contributed by atoms with van der Waals surface area (Å²) in [6.07, 6.45) is -0.156. The molecular formula is C14H14ClNO3. The fraction of sp³-hybridized carbons (Fsp3) is 0.214. The topological polar surface area (TPSA) is 62.5 Å². The average molecular weight is 280 g/mol. The minimum Gasteiger partial charge on any atom is -0.440 e. The first-order chi connectivity index (χ1) is 9.15. The van der Waals surface area contributed by atoms with Gasteiger partial charge < -0.3 is 14.8 Å². The molecule has 1 heterocycles. The summed E-state index contributed by atoms with van der Waals surface area (Å²) >= 11 is 5.58. The van der Waals surface area contributed by atoms with Crippen molar-refractivity contribution in [2.24, 2.45) is 0 Å². The zero-order chi connectivity index (χ0) is 13.7. The molecule has 0 saturated heterocycles. The second kappa shape index (κ2) is 6.41. The second-order valence-electron chi connectivity index (χ2n) is 4.16. The maximum Gasteiger partial charge on any atom is 0.287 e. The van der Waals surface area contributed by atoms with E-state index in [1.54, 1.807) is 0 Å². The number of amides is 1. The predicted octanol–water partition coefficient (Wildman–Crippen LogP) is 2.27. The monoisotopic (exact) mass is 279 g/mol. The van der Waals surface area contributed by atoms with Gasteiger partial charge in [-0.2, -0.15) is 0 Å². The molecule has 2 aromatic rings. The Balaban J connectivity index is 1.80. The van der Waals surface area contributed by atoms with Crippen LogP contribution in [-0.2, 0) is 6.42 Å². The van der Waals surface area contributed by atoms with Crippen molar-refractivity contribution in [3.8, 4) is 0 Å². The van der Waals surface area contributed by atoms with Gasteiger partial charge in [0.25, 0.3) is 5.91 Å². The molecule has 2 N–H and O–H groups in total. The van der Waals surface area contributed by atoms with Crippen LogP contribution >= 0.6 is 11.6 Å². The molecule has 0 fully saturated rings. The highest BCUT2D eigenvalue weighted by molar-refractivity contribution is 6.29. The molecule has 100 valence electrons. The van der Waals surface area contributed by atoms with E-state index in [1.807, 2.05) is 30.3 Å². The number of aliphatic hydroxyl groups is 1. The van der Waals surface area contributed by atoms with Crippen molar-refractivity contribution < 1.29 is 14.3 Å². The lowest BCUT2D eigenvalue weighted by molar-refractivity contribution is 0.0889. The van der Waals surface area contributed by atoms with Crippen molar-refractivity contribution in [2.75, 3.05) is 6.54 Å². The number of rotatable bonds is 5. The third kappa shape index (κ3) is 4.12. The summed E-state index contributed by atoms with van der Waals surface area (Å²) in [6.45, 7) is 0.159. The summed E-state index contributed by atoms with van der Waals surface area (Å²) in [5.74, 6) is -0.254. The van der Waals surface area contributed by atoms with Crippen molar-refractivity contribution in [3.05, 3.63) is 59.0 Å². The minimum atomic E-state index is -0.642. The lowest BCUT2D eigenvalue weighted by Crippen LogP contribution is -2.33. The van der Waals surface area contributed by atoms with E-state index in [1.165, 1.54) is 12.1 Å². The van der Waals surface area contributed by atoms with E-state index >= 15 is 0 Å². The molecule has 4 nitrogen and oxygen atoms in total. The van der Waals surface area contributed by atoms with Gasteiger partial charge in [0.15, 0.2) is 11.0 Å². The summed E-state index contributed by atoms with van der Waals surface area (Å²) in [5.41, 5.74) is 1.02. The number of carbonyl (C=O) groups excluding carboxylic acids is 1. The third-order valence-corrected chi connectivity index (χ3v) is 2.81. The Labute approximate surface area is 116 Å². The summed E-state index contributed by atoms with van der Waals surface area (Å²) < 4.78 is 4.97. The molecular weight excluding hydrogens is 266 g/mol. The van der Waals surface area contributed by atoms with E-state index in [0.29, 0.717) is 6.42 Å². The first-order valence-electron chi connectivity index (χ1n) is 5.90. The Bertz CT molecular complexity index is 539. The fourth-order valence-corrected chi connectivity index (χ4v) is 1.84. The van der Waals surface area contributed by atoms with E-state index in [4.69, 9.17) is 16.0 Å². The van der Waals surface area contributed by atoms with Crippen LogP contribution in [0.2, 0.25) is 5.22 Å². The Hall–Kier alpha value is -1.78. The van der Waals surface area contributed by atoms with Gasteiger partial charge in [-0.25, -0.2) is 0 Å². The maximum absolute atomic E-state index is 11.6. The molecule has 19 heavy (non-hydrogen) atoms. The van der Waals surface area contributed by atoms with Crippen LogP contribution in [0, 0.1) is 0 Å². The zero-order valence-corrected chi connectivity index (χ0v) is 10.9. The predicted molar refractivity (Wildman–Crippen MR) is 72.2 cm³/mol. The summed E-state index contributed by atoms with van der Waals surface area (Å²) in [6, 6.07) is 12.6. The molecule has 0 radical (unpaired) electrons. The van der Waals surface area contributed by atoms with Crippen molar-refractivity contribution in [2.45, 2.75) is 12.5 Å². The van der Waals surface area contributed by atoms with Crippen LogP contribution in [0.4, 0.5) is 0 Å². The van der Waals surface area contributed by atoms with Crippen molar-refractivity contribution in [3.63, 3.8) is 0 Å². The number of benzene rings is 1. The van der Waals surface area contributed by atoms with Gasteiger partial charge >= 0.3 is 0 Å². The molecule has 1 atom stereocenters. The van der Waals surface area contributed by atoms with Crippen molar-refractivity contribution >= 4 is 17.5 Å². The zero-order valence-electron chi connectivity index (χ0n) is 10.2. The summed E-state index contributed by atoms with van der Waals surface area (Å²) in [5, 5.41) is 12.6. The van der Waals surface area contributed by atoms with Gasteiger partial charge in [-0.05, 0) is 29.3 Å². The van der Waals surface area contributed by atoms with Crippen LogP contribution in [-0.4, -0.2) is 23.7 Å². The molecule has 2 rings (SSSR count). The number of aliphatic hydroxyl groups excluding tert-OH is 1. The molecule has 0 spiro atoms. The molecule has 0 aliphatic heterocycles. The maximum atomic E-state index is 11.6. The van der Waals surface area contributed by atoms with Crippen LogP contribution in [0.3, 0.4) is 0 Å². The molecule has 1 aromatic heterocycles. The Morgan fingerprint density at radius 1 is 1.26 bits per heavy atom. The molecule has 0 aliphatic rings. The van der Waals surface area contributed by atoms with Gasteiger partial charge in [-0.1, -0.05) is 30.3 Å². The molecule has 0 aliphatic carbocycles. The van der Waals surface area contributed by atoms with Gasteiger partial charge in [0.1, 0.15) is 0 Å². The Morgan fingerprint density at radius 3 is 2.63 bits per heavy atom. The fourth-order valence-electron chi connectivity index (χ4n) is 1.69. The number of carbonyl (C=O) groups is 1. The highest BCUT2D eigenvalue weighted by Gasteiger charge is 2.12. The lowest BCUT2D eigenvalue weighted by atomic mass is 10.1. The van der Waals surface area contributed by atoms with Crippen molar-refractivity contribution in [1.82, 2.24) is 5.32 Å². The Morgan fingerprint density at radius 2 is 2.00 bits per heavy atom. The van der Waals surface area contributed by atoms with Gasteiger partial charge in [-0.3, -0.25) is 4.79 Å². The average Bonchev–Trinajstić information content (AvgIpc) is 2.84. The van der Waals surface area contributed by atoms with E-state index in [9.17, 15) is 9.90 Å². The largest absolute Gasteiger partial charge is 0.440 e. The van der Waals surface area contributed by atoms with Crippen LogP contribution in [0.5, 0.6) is 0 Å². The molecule has 0 saturated carbocycles. The van der Waals surface area contributed by atoms with Gasteiger partial charge in [-0.15, -0.1) is 0 Å². The van der Waals surface area contributed by atoms with Gasteiger partial charge in [0, 0.05) is 13.0 Å². The lowest BCUT2D eigenvalue weighted by Gasteiger charge is -2.11. The molecule has 5 heteroatoms. The van der Waals surface area contributed by atoms with E-state index < -0.39 is 6.10 Å². The van der Waals surface area contributed by atoms with E-state index in [2.05, 4.69) is 5.32 Å². The number of furan rings is 1. The third-order valence-electron chi connectivity index (χ3n) is 2.61. The van der Waals surface area contributed by atoms with E-state index in [0.717, 1.165) is 5.56 Å². The Kier molecular flexibility index (Phi) is 4.60. The quantitative estimate of drug-likeness (QED) is 0.882. The summed E-state index contributed by atoms with van der Waals surface area (Å²) in [7, 11) is 0. The second-order valence-corrected chi connectivity index (χ2v) is 4.53. The number of hydrogen-bond donors (Lipinski definition) is 2. The molecule has 1 unspecified atom stereocenters. The highest BCUT2D eigenvalue weighted by atomic mass is 35.5. The van der Waals surface area contributed by atoms with Gasteiger partial charge in [0.05, 0.1) is 6.10 Å². The van der Waals surface area contributed by atoms with Crippen LogP contribution in [0.25, 0.3) is 0 Å². The molecule has 1 amide bonds. The number of halogens is 1. The smallest absolute Gasteiger partial charge is 0.287 e. The molecule has 1 aromatic carbocycles. The SMILES string of the molecule is O=C(NCC(O)Cc1ccccc1)c1ccc(Cl)o1. The highest BCUT2D eigenvalue weighted by Crippen LogP contribution is 2.12. The van der Waals surface area contributed by atoms with Crippen LogP contribution < -0.4 is 5.32 Å². The standard InChI is InChI=1S/C14H14ClNO3/c15-13-7-6-12(19-13)14(18)16-9-11(17)8-10-4-2-1-3-5-10/h1-7,11,17H,8-9H2,(H,16,18). The van der Waals surface area contributed by atoms with E-state index in [-0.39, 0.29) is 23.4 Å². The normalized spacial score (nSPS) is 12.1. The van der Waals surface area contributed by atoms with Gasteiger partial charge in [0.2, 0.25) is 0 Å². The first kappa shape index (κ1) is 13.6.